The van der Waals surface area contributed by atoms with Crippen molar-refractivity contribution in [3.8, 4) is 0 Å². The zero-order valence-corrected chi connectivity index (χ0v) is 10.4. The molecule has 0 aromatic heterocycles. The first-order chi connectivity index (χ1) is 7.56. The number of para-hydroxylation sites is 1. The van der Waals surface area contributed by atoms with E-state index < -0.39 is 4.92 Å². The number of carbonyl (C=O) groups excluding carboxylic acids is 1. The number of nitro benzene ring substituents is 1. The third kappa shape index (κ3) is 3.13. The molecule has 0 saturated heterocycles. The normalized spacial score (nSPS) is 12.1. The van der Waals surface area contributed by atoms with Gasteiger partial charge in [0.1, 0.15) is 0 Å². The van der Waals surface area contributed by atoms with E-state index in [1.807, 2.05) is 6.92 Å². The summed E-state index contributed by atoms with van der Waals surface area (Å²) in [4.78, 5) is 21.4. The van der Waals surface area contributed by atoms with E-state index in [1.54, 1.807) is 18.2 Å². The summed E-state index contributed by atoms with van der Waals surface area (Å²) in [5.41, 5.74) is 0.714. The molecule has 1 aromatic carbocycles. The molecule has 0 fully saturated rings. The van der Waals surface area contributed by atoms with Gasteiger partial charge in [-0.15, -0.1) is 0 Å². The van der Waals surface area contributed by atoms with Crippen LogP contribution in [0.4, 0.5) is 5.69 Å². The number of hydrogen-bond donors (Lipinski definition) is 0. The average Bonchev–Trinajstić information content (AvgIpc) is 2.25. The molecule has 1 unspecified atom stereocenters. The molecule has 5 heteroatoms. The zero-order chi connectivity index (χ0) is 12.1. The van der Waals surface area contributed by atoms with Gasteiger partial charge in [0.2, 0.25) is 0 Å². The van der Waals surface area contributed by atoms with Crippen molar-refractivity contribution in [1.29, 1.82) is 0 Å². The summed E-state index contributed by atoms with van der Waals surface area (Å²) >= 11 is 2.87. The first kappa shape index (κ1) is 12.8. The minimum absolute atomic E-state index is 0.0862. The predicted octanol–water partition coefficient (Wildman–Crippen LogP) is 3.40. The Morgan fingerprint density at radius 1 is 1.50 bits per heavy atom. The van der Waals surface area contributed by atoms with Crippen LogP contribution in [-0.2, 0) is 4.79 Å². The van der Waals surface area contributed by atoms with Gasteiger partial charge in [-0.25, -0.2) is 0 Å². The summed E-state index contributed by atoms with van der Waals surface area (Å²) in [6, 6.07) is 6.56. The Balaban J connectivity index is 3.08. The van der Waals surface area contributed by atoms with Crippen LogP contribution in [0.25, 0.3) is 0 Å². The van der Waals surface area contributed by atoms with E-state index in [1.165, 1.54) is 6.07 Å². The fourth-order valence-corrected chi connectivity index (χ4v) is 2.06. The number of hydrogen-bond acceptors (Lipinski definition) is 3. The van der Waals surface area contributed by atoms with Crippen LogP contribution in [0, 0.1) is 10.1 Å². The predicted molar refractivity (Wildman–Crippen MR) is 64.7 cm³/mol. The molecule has 0 aliphatic carbocycles. The minimum Gasteiger partial charge on any atom is -0.287 e. The van der Waals surface area contributed by atoms with E-state index in [0.717, 1.165) is 0 Å². The lowest BCUT2D eigenvalue weighted by atomic mass is 9.92. The van der Waals surface area contributed by atoms with Crippen molar-refractivity contribution in [2.45, 2.75) is 25.7 Å². The van der Waals surface area contributed by atoms with Gasteiger partial charge in [0.05, 0.1) is 4.92 Å². The number of rotatable bonds is 5. The maximum atomic E-state index is 11.0. The molecule has 16 heavy (non-hydrogen) atoms. The lowest BCUT2D eigenvalue weighted by molar-refractivity contribution is -0.385. The molecule has 1 atom stereocenters. The second-order valence-electron chi connectivity index (χ2n) is 3.48. The molecule has 4 nitrogen and oxygen atoms in total. The van der Waals surface area contributed by atoms with Crippen molar-refractivity contribution >= 4 is 26.3 Å². The highest BCUT2D eigenvalue weighted by atomic mass is 79.9. The summed E-state index contributed by atoms with van der Waals surface area (Å²) < 4.78 is -0.127. The zero-order valence-electron chi connectivity index (χ0n) is 8.85. The van der Waals surface area contributed by atoms with Gasteiger partial charge in [0.15, 0.2) is 4.69 Å². The van der Waals surface area contributed by atoms with E-state index in [-0.39, 0.29) is 22.7 Å². The SMILES string of the molecule is CCC(CC(=O)Br)c1ccccc1[N+](=O)[O-]. The molecule has 0 amide bonds. The van der Waals surface area contributed by atoms with Gasteiger partial charge in [-0.2, -0.15) is 0 Å². The van der Waals surface area contributed by atoms with Crippen LogP contribution in [0.2, 0.25) is 0 Å². The van der Waals surface area contributed by atoms with Crippen molar-refractivity contribution in [3.05, 3.63) is 39.9 Å². The summed E-state index contributed by atoms with van der Waals surface area (Å²) in [6.45, 7) is 1.91. The average molecular weight is 286 g/mol. The van der Waals surface area contributed by atoms with Crippen molar-refractivity contribution in [3.63, 3.8) is 0 Å². The number of nitro groups is 1. The number of halogens is 1. The van der Waals surface area contributed by atoms with E-state index in [4.69, 9.17) is 0 Å². The van der Waals surface area contributed by atoms with E-state index >= 15 is 0 Å². The van der Waals surface area contributed by atoms with Crippen LogP contribution in [-0.4, -0.2) is 9.62 Å². The molecular formula is C11H12BrNO3. The maximum Gasteiger partial charge on any atom is 0.272 e. The van der Waals surface area contributed by atoms with Crippen LogP contribution in [0.15, 0.2) is 24.3 Å². The molecule has 0 radical (unpaired) electrons. The Morgan fingerprint density at radius 2 is 2.12 bits per heavy atom. The molecular weight excluding hydrogens is 274 g/mol. The molecule has 0 saturated carbocycles. The molecule has 86 valence electrons. The largest absolute Gasteiger partial charge is 0.287 e. The highest BCUT2D eigenvalue weighted by Crippen LogP contribution is 2.31. The Kier molecular flexibility index (Phi) is 4.61. The van der Waals surface area contributed by atoms with Gasteiger partial charge in [-0.05, 0) is 28.3 Å². The second-order valence-corrected chi connectivity index (χ2v) is 4.36. The van der Waals surface area contributed by atoms with Gasteiger partial charge in [0, 0.05) is 18.1 Å². The quantitative estimate of drug-likeness (QED) is 0.473. The minimum atomic E-state index is -0.406. The Labute approximate surface area is 102 Å². The van der Waals surface area contributed by atoms with Crippen molar-refractivity contribution in [1.82, 2.24) is 0 Å². The first-order valence-corrected chi connectivity index (χ1v) is 5.77. The third-order valence-corrected chi connectivity index (χ3v) is 2.80. The summed E-state index contributed by atoms with van der Waals surface area (Å²) in [5.74, 6) is -0.103. The van der Waals surface area contributed by atoms with Gasteiger partial charge in [0.25, 0.3) is 5.69 Å². The highest BCUT2D eigenvalue weighted by molar-refractivity contribution is 9.18. The number of benzene rings is 1. The van der Waals surface area contributed by atoms with Gasteiger partial charge < -0.3 is 0 Å². The topological polar surface area (TPSA) is 60.2 Å². The highest BCUT2D eigenvalue weighted by Gasteiger charge is 2.21. The lowest BCUT2D eigenvalue weighted by Crippen LogP contribution is -2.05. The molecule has 0 N–H and O–H groups in total. The summed E-state index contributed by atoms with van der Waals surface area (Å²) in [6.07, 6.45) is 0.976. The Hall–Kier alpha value is -1.23. The smallest absolute Gasteiger partial charge is 0.272 e. The molecule has 0 aliphatic heterocycles. The van der Waals surface area contributed by atoms with Crippen LogP contribution in [0.1, 0.15) is 31.2 Å². The van der Waals surface area contributed by atoms with Gasteiger partial charge in [-0.3, -0.25) is 14.9 Å². The second kappa shape index (κ2) is 5.75. The van der Waals surface area contributed by atoms with Crippen LogP contribution in [0.3, 0.4) is 0 Å². The van der Waals surface area contributed by atoms with E-state index in [0.29, 0.717) is 12.0 Å². The van der Waals surface area contributed by atoms with Crippen LogP contribution in [0.5, 0.6) is 0 Å². The van der Waals surface area contributed by atoms with Crippen LogP contribution < -0.4 is 0 Å². The van der Waals surface area contributed by atoms with E-state index in [9.17, 15) is 14.9 Å². The molecule has 0 bridgehead atoms. The fraction of sp³-hybridized carbons (Fsp3) is 0.364. The van der Waals surface area contributed by atoms with Crippen molar-refractivity contribution in [2.24, 2.45) is 0 Å². The van der Waals surface area contributed by atoms with Crippen molar-refractivity contribution < 1.29 is 9.72 Å². The maximum absolute atomic E-state index is 11.0. The molecule has 1 aromatic rings. The first-order valence-electron chi connectivity index (χ1n) is 4.98. The Morgan fingerprint density at radius 3 is 2.62 bits per heavy atom. The molecule has 0 spiro atoms. The van der Waals surface area contributed by atoms with E-state index in [2.05, 4.69) is 15.9 Å². The number of carbonyl (C=O) groups is 1. The molecule has 0 heterocycles. The Bertz CT molecular complexity index is 406. The standard InChI is InChI=1S/C11H12BrNO3/c1-2-8(7-11(12)14)9-5-3-4-6-10(9)13(15)16/h3-6,8H,2,7H2,1H3. The summed E-state index contributed by atoms with van der Waals surface area (Å²) in [7, 11) is 0. The summed E-state index contributed by atoms with van der Waals surface area (Å²) in [5, 5.41) is 10.8. The van der Waals surface area contributed by atoms with Crippen molar-refractivity contribution in [2.75, 3.05) is 0 Å². The lowest BCUT2D eigenvalue weighted by Gasteiger charge is -2.12. The fourth-order valence-electron chi connectivity index (χ4n) is 1.67. The monoisotopic (exact) mass is 285 g/mol. The number of nitrogens with zero attached hydrogens (tertiary/aromatic N) is 1. The van der Waals surface area contributed by atoms with Gasteiger partial charge >= 0.3 is 0 Å². The third-order valence-electron chi connectivity index (χ3n) is 2.47. The molecule has 0 aliphatic rings. The molecule has 1 rings (SSSR count). The van der Waals surface area contributed by atoms with Gasteiger partial charge in [-0.1, -0.05) is 25.1 Å². The van der Waals surface area contributed by atoms with Crippen LogP contribution >= 0.6 is 15.9 Å².